The van der Waals surface area contributed by atoms with Gasteiger partial charge in [0.2, 0.25) is 5.75 Å². The average Bonchev–Trinajstić information content (AvgIpc) is 3.35. The van der Waals surface area contributed by atoms with E-state index in [1.165, 1.54) is 33.0 Å². The maximum Gasteiger partial charge on any atom is 0.203 e. The predicted octanol–water partition coefficient (Wildman–Crippen LogP) is 3.91. The van der Waals surface area contributed by atoms with Crippen LogP contribution < -0.4 is 18.9 Å². The topological polar surface area (TPSA) is 82.7 Å². The first kappa shape index (κ1) is 19.6. The molecule has 1 aliphatic rings. The Morgan fingerprint density at radius 3 is 2.37 bits per heavy atom. The van der Waals surface area contributed by atoms with Crippen molar-refractivity contribution in [3.8, 4) is 34.3 Å². The van der Waals surface area contributed by atoms with Crippen LogP contribution in [0.25, 0.3) is 17.3 Å². The molecule has 1 N–H and O–H groups in total. The highest BCUT2D eigenvalue weighted by atomic mass is 16.5. The fourth-order valence-corrected chi connectivity index (χ4v) is 3.64. The van der Waals surface area contributed by atoms with Gasteiger partial charge in [-0.05, 0) is 42.0 Å². The van der Waals surface area contributed by atoms with Crippen molar-refractivity contribution < 1.29 is 23.7 Å². The molecule has 0 aliphatic heterocycles. The standard InChI is InChI=1S/C23H22N2O5/c1-27-15-6-5-13-9-17-18(24-25-22(17)16(13)12-15)7-8-19(26)14-10-20(28-2)23(30-4)21(11-14)29-3/h5-8,10-12H,9H2,1-4H3,(H,24,25)/b8-7+. The molecule has 0 fully saturated rings. The molecule has 1 aromatic heterocycles. The van der Waals surface area contributed by atoms with E-state index in [1.54, 1.807) is 25.3 Å². The summed E-state index contributed by atoms with van der Waals surface area (Å²) in [6, 6.07) is 9.24. The highest BCUT2D eigenvalue weighted by molar-refractivity contribution is 6.07. The molecule has 0 bridgehead atoms. The van der Waals surface area contributed by atoms with Crippen molar-refractivity contribution in [2.45, 2.75) is 6.42 Å². The molecule has 0 amide bonds. The van der Waals surface area contributed by atoms with E-state index in [0.29, 0.717) is 22.8 Å². The van der Waals surface area contributed by atoms with E-state index in [-0.39, 0.29) is 5.78 Å². The van der Waals surface area contributed by atoms with Gasteiger partial charge in [0.05, 0.1) is 39.8 Å². The second-order valence-corrected chi connectivity index (χ2v) is 6.78. The Morgan fingerprint density at radius 2 is 1.73 bits per heavy atom. The molecule has 0 unspecified atom stereocenters. The molecule has 0 saturated carbocycles. The van der Waals surface area contributed by atoms with Gasteiger partial charge in [-0.1, -0.05) is 6.07 Å². The molecule has 0 saturated heterocycles. The lowest BCUT2D eigenvalue weighted by Gasteiger charge is -2.13. The maximum atomic E-state index is 12.8. The number of nitrogens with zero attached hydrogens (tertiary/aromatic N) is 1. The first-order valence-corrected chi connectivity index (χ1v) is 9.36. The van der Waals surface area contributed by atoms with Gasteiger partial charge in [-0.15, -0.1) is 0 Å². The number of rotatable bonds is 7. The van der Waals surface area contributed by atoms with Crippen LogP contribution in [-0.4, -0.2) is 44.4 Å². The van der Waals surface area contributed by atoms with E-state index in [4.69, 9.17) is 18.9 Å². The molecule has 2 aromatic carbocycles. The molecule has 3 aromatic rings. The van der Waals surface area contributed by atoms with Gasteiger partial charge in [-0.2, -0.15) is 5.10 Å². The van der Waals surface area contributed by atoms with E-state index < -0.39 is 0 Å². The number of carbonyl (C=O) groups excluding carboxylic acids is 1. The molecule has 1 aliphatic carbocycles. The van der Waals surface area contributed by atoms with Crippen molar-refractivity contribution in [1.29, 1.82) is 0 Å². The summed E-state index contributed by atoms with van der Waals surface area (Å²) in [5.74, 6) is 1.91. The van der Waals surface area contributed by atoms with Crippen LogP contribution >= 0.6 is 0 Å². The Balaban J connectivity index is 1.62. The van der Waals surface area contributed by atoms with E-state index in [2.05, 4.69) is 10.2 Å². The van der Waals surface area contributed by atoms with Crippen LogP contribution in [0, 0.1) is 0 Å². The van der Waals surface area contributed by atoms with Gasteiger partial charge in [0.25, 0.3) is 0 Å². The summed E-state index contributed by atoms with van der Waals surface area (Å²) in [5.41, 5.74) is 5.44. The zero-order chi connectivity index (χ0) is 21.3. The van der Waals surface area contributed by atoms with E-state index in [1.807, 2.05) is 18.2 Å². The predicted molar refractivity (Wildman–Crippen MR) is 113 cm³/mol. The Kier molecular flexibility index (Phi) is 5.18. The molecule has 4 rings (SSSR count). The Labute approximate surface area is 174 Å². The number of ketones is 1. The summed E-state index contributed by atoms with van der Waals surface area (Å²) in [7, 11) is 6.20. The molecule has 0 radical (unpaired) electrons. The number of hydrogen-bond donors (Lipinski definition) is 1. The number of methoxy groups -OCH3 is 4. The van der Waals surface area contributed by atoms with Crippen molar-refractivity contribution in [3.05, 3.63) is 58.8 Å². The van der Waals surface area contributed by atoms with E-state index in [9.17, 15) is 4.79 Å². The summed E-state index contributed by atoms with van der Waals surface area (Å²) in [5, 5.41) is 7.47. The van der Waals surface area contributed by atoms with Crippen molar-refractivity contribution >= 4 is 11.9 Å². The van der Waals surface area contributed by atoms with Crippen molar-refractivity contribution in [2.75, 3.05) is 28.4 Å². The highest BCUT2D eigenvalue weighted by Crippen LogP contribution is 2.40. The number of benzene rings is 2. The second-order valence-electron chi connectivity index (χ2n) is 6.78. The zero-order valence-corrected chi connectivity index (χ0v) is 17.2. The molecule has 154 valence electrons. The zero-order valence-electron chi connectivity index (χ0n) is 17.2. The summed E-state index contributed by atoms with van der Waals surface area (Å²) >= 11 is 0. The number of fused-ring (bicyclic) bond motifs is 3. The third kappa shape index (κ3) is 3.28. The van der Waals surface area contributed by atoms with Gasteiger partial charge in [0.1, 0.15) is 5.75 Å². The fraction of sp³-hybridized carbons (Fsp3) is 0.217. The second kappa shape index (κ2) is 7.94. The minimum Gasteiger partial charge on any atom is -0.497 e. The minimum absolute atomic E-state index is 0.185. The summed E-state index contributed by atoms with van der Waals surface area (Å²) in [6.45, 7) is 0. The van der Waals surface area contributed by atoms with E-state index >= 15 is 0 Å². The van der Waals surface area contributed by atoms with Crippen LogP contribution in [0.1, 0.15) is 27.2 Å². The van der Waals surface area contributed by atoms with Crippen LogP contribution in [0.2, 0.25) is 0 Å². The van der Waals surface area contributed by atoms with Crippen LogP contribution in [0.15, 0.2) is 36.4 Å². The summed E-state index contributed by atoms with van der Waals surface area (Å²) in [6.07, 6.45) is 4.02. The Morgan fingerprint density at radius 1 is 1.00 bits per heavy atom. The lowest BCUT2D eigenvalue weighted by Crippen LogP contribution is -2.00. The summed E-state index contributed by atoms with van der Waals surface area (Å²) in [4.78, 5) is 12.8. The highest BCUT2D eigenvalue weighted by Gasteiger charge is 2.24. The van der Waals surface area contributed by atoms with E-state index in [0.717, 1.165) is 34.7 Å². The number of H-pyrrole nitrogens is 1. The van der Waals surface area contributed by atoms with Crippen molar-refractivity contribution in [3.63, 3.8) is 0 Å². The van der Waals surface area contributed by atoms with Crippen molar-refractivity contribution in [2.24, 2.45) is 0 Å². The molecule has 0 atom stereocenters. The molecule has 7 nitrogen and oxygen atoms in total. The van der Waals surface area contributed by atoms with Gasteiger partial charge in [0, 0.05) is 23.1 Å². The first-order chi connectivity index (χ1) is 14.6. The number of nitrogens with one attached hydrogen (secondary N) is 1. The molecular formula is C23H22N2O5. The number of aromatic nitrogens is 2. The monoisotopic (exact) mass is 406 g/mol. The molecule has 1 heterocycles. The third-order valence-electron chi connectivity index (χ3n) is 5.19. The van der Waals surface area contributed by atoms with Crippen LogP contribution in [0.4, 0.5) is 0 Å². The number of hydrogen-bond acceptors (Lipinski definition) is 6. The smallest absolute Gasteiger partial charge is 0.203 e. The quantitative estimate of drug-likeness (QED) is 0.370. The molecule has 7 heteroatoms. The molecule has 0 spiro atoms. The maximum absolute atomic E-state index is 12.8. The average molecular weight is 406 g/mol. The van der Waals surface area contributed by atoms with Crippen LogP contribution in [0.5, 0.6) is 23.0 Å². The molecular weight excluding hydrogens is 384 g/mol. The van der Waals surface area contributed by atoms with Gasteiger partial charge >= 0.3 is 0 Å². The number of allylic oxidation sites excluding steroid dienone is 1. The van der Waals surface area contributed by atoms with Crippen LogP contribution in [0.3, 0.4) is 0 Å². The SMILES string of the molecule is COc1ccc2c(c1)-c1n[nH]c(/C=C/C(=O)c3cc(OC)c(OC)c(OC)c3)c1C2. The largest absolute Gasteiger partial charge is 0.497 e. The Bertz CT molecular complexity index is 1120. The van der Waals surface area contributed by atoms with Gasteiger partial charge in [-0.25, -0.2) is 0 Å². The molecule has 30 heavy (non-hydrogen) atoms. The lowest BCUT2D eigenvalue weighted by atomic mass is 10.1. The first-order valence-electron chi connectivity index (χ1n) is 9.36. The third-order valence-corrected chi connectivity index (χ3v) is 5.19. The van der Waals surface area contributed by atoms with Crippen molar-refractivity contribution in [1.82, 2.24) is 10.2 Å². The summed E-state index contributed by atoms with van der Waals surface area (Å²) < 4.78 is 21.3. The van der Waals surface area contributed by atoms with Gasteiger partial charge in [-0.3, -0.25) is 9.89 Å². The fourth-order valence-electron chi connectivity index (χ4n) is 3.64. The number of ether oxygens (including phenoxy) is 4. The Hall–Kier alpha value is -3.74. The van der Waals surface area contributed by atoms with Gasteiger partial charge < -0.3 is 18.9 Å². The lowest BCUT2D eigenvalue weighted by molar-refractivity contribution is 0.104. The normalized spacial score (nSPS) is 11.9. The minimum atomic E-state index is -0.185. The van der Waals surface area contributed by atoms with Gasteiger partial charge in [0.15, 0.2) is 17.3 Å². The van der Waals surface area contributed by atoms with Crippen LogP contribution in [-0.2, 0) is 6.42 Å². The number of aromatic amines is 1. The number of carbonyl (C=O) groups is 1.